The molecule has 236 valence electrons. The normalized spacial score (nSPS) is 11.8. The van der Waals surface area contributed by atoms with E-state index in [1.54, 1.807) is 66.7 Å². The van der Waals surface area contributed by atoms with E-state index in [4.69, 9.17) is 11.6 Å². The third-order valence-electron chi connectivity index (χ3n) is 7.46. The number of halogens is 1. The average Bonchev–Trinajstić information content (AvgIpc) is 3.12. The van der Waals surface area contributed by atoms with Crippen LogP contribution in [0, 0.1) is 0 Å². The van der Waals surface area contributed by atoms with E-state index in [9.17, 15) is 14.4 Å². The molecule has 3 N–H and O–H groups in total. The van der Waals surface area contributed by atoms with E-state index < -0.39 is 17.1 Å². The van der Waals surface area contributed by atoms with Gasteiger partial charge in [0.25, 0.3) is 11.8 Å². The predicted octanol–water partition coefficient (Wildman–Crippen LogP) is 9.37. The molecule has 1 unspecified atom stereocenters. The minimum atomic E-state index is -0.531. The fourth-order valence-electron chi connectivity index (χ4n) is 5.02. The number of fused-ring (bicyclic) bond motifs is 1. The Morgan fingerprint density at radius 3 is 1.98 bits per heavy atom. The number of carbonyl (C=O) groups excluding carboxylic acids is 3. The summed E-state index contributed by atoms with van der Waals surface area (Å²) in [7, 11) is 0. The lowest BCUT2D eigenvalue weighted by molar-refractivity contribution is -0.116. The number of thioether (sulfide) groups is 1. The van der Waals surface area contributed by atoms with E-state index in [0.717, 1.165) is 26.9 Å². The number of benzene rings is 6. The fraction of sp³-hybridized carbons (Fsp3) is 0.0250. The van der Waals surface area contributed by atoms with E-state index in [0.29, 0.717) is 21.8 Å². The van der Waals surface area contributed by atoms with Gasteiger partial charge >= 0.3 is 0 Å². The predicted molar refractivity (Wildman–Crippen MR) is 196 cm³/mol. The Balaban J connectivity index is 1.19. The van der Waals surface area contributed by atoms with Crippen LogP contribution in [-0.2, 0) is 9.59 Å². The maximum atomic E-state index is 13.7. The molecule has 3 amide bonds. The Kier molecular flexibility index (Phi) is 10.3. The minimum Gasteiger partial charge on any atom is -0.325 e. The molecule has 0 bridgehead atoms. The summed E-state index contributed by atoms with van der Waals surface area (Å²) in [5, 5.41) is 10.7. The summed E-state index contributed by atoms with van der Waals surface area (Å²) >= 11 is 7.77. The van der Waals surface area contributed by atoms with Crippen LogP contribution >= 0.6 is 23.4 Å². The molecule has 48 heavy (non-hydrogen) atoms. The third-order valence-corrected chi connectivity index (χ3v) is 9.07. The van der Waals surface area contributed by atoms with Crippen LogP contribution in [0.5, 0.6) is 0 Å². The third kappa shape index (κ3) is 8.20. The van der Waals surface area contributed by atoms with Crippen molar-refractivity contribution in [2.45, 2.75) is 10.1 Å². The van der Waals surface area contributed by atoms with Gasteiger partial charge in [-0.25, -0.2) is 0 Å². The van der Waals surface area contributed by atoms with Crippen molar-refractivity contribution in [3.63, 3.8) is 0 Å². The minimum absolute atomic E-state index is 0.0323. The summed E-state index contributed by atoms with van der Waals surface area (Å²) < 4.78 is 0. The largest absolute Gasteiger partial charge is 0.325 e. The topological polar surface area (TPSA) is 87.3 Å². The number of rotatable bonds is 10. The van der Waals surface area contributed by atoms with Gasteiger partial charge in [0.15, 0.2) is 0 Å². The molecule has 0 fully saturated rings. The molecule has 0 aliphatic heterocycles. The summed E-state index contributed by atoms with van der Waals surface area (Å²) in [5.74, 6) is -1.09. The fourth-order valence-corrected chi connectivity index (χ4v) is 6.23. The van der Waals surface area contributed by atoms with Crippen LogP contribution in [0.2, 0.25) is 5.02 Å². The molecule has 0 aromatic heterocycles. The first-order valence-electron chi connectivity index (χ1n) is 15.2. The Morgan fingerprint density at radius 2 is 1.25 bits per heavy atom. The highest BCUT2D eigenvalue weighted by atomic mass is 35.5. The van der Waals surface area contributed by atoms with E-state index in [2.05, 4.69) is 16.0 Å². The van der Waals surface area contributed by atoms with Crippen molar-refractivity contribution < 1.29 is 14.4 Å². The van der Waals surface area contributed by atoms with Crippen LogP contribution in [0.25, 0.3) is 16.8 Å². The smallest absolute Gasteiger partial charge is 0.272 e. The van der Waals surface area contributed by atoms with E-state index >= 15 is 0 Å². The molecule has 0 aliphatic carbocycles. The number of carbonyl (C=O) groups is 3. The summed E-state index contributed by atoms with van der Waals surface area (Å²) in [6, 6.07) is 46.4. The highest BCUT2D eigenvalue weighted by Crippen LogP contribution is 2.37. The molecule has 0 saturated heterocycles. The van der Waals surface area contributed by atoms with Crippen molar-refractivity contribution in [1.82, 2.24) is 5.32 Å². The number of hydrogen-bond donors (Lipinski definition) is 3. The molecule has 1 atom stereocenters. The molecule has 0 radical (unpaired) electrons. The van der Waals surface area contributed by atoms with Crippen LogP contribution in [0.4, 0.5) is 11.4 Å². The van der Waals surface area contributed by atoms with Gasteiger partial charge in [-0.3, -0.25) is 14.4 Å². The average molecular weight is 668 g/mol. The lowest BCUT2D eigenvalue weighted by Crippen LogP contribution is -2.30. The maximum Gasteiger partial charge on any atom is 0.272 e. The Labute approximate surface area is 287 Å². The lowest BCUT2D eigenvalue weighted by Gasteiger charge is -2.18. The number of nitrogens with one attached hydrogen (secondary N) is 3. The van der Waals surface area contributed by atoms with Crippen molar-refractivity contribution in [3.8, 4) is 0 Å². The van der Waals surface area contributed by atoms with Crippen molar-refractivity contribution >= 4 is 69.3 Å². The summed E-state index contributed by atoms with van der Waals surface area (Å²) in [6.45, 7) is 0. The second kappa shape index (κ2) is 15.3. The zero-order chi connectivity index (χ0) is 33.3. The van der Waals surface area contributed by atoms with Gasteiger partial charge in [-0.15, -0.1) is 11.8 Å². The molecule has 0 saturated carbocycles. The summed E-state index contributed by atoms with van der Waals surface area (Å²) in [6.07, 6.45) is 1.54. The second-order valence-corrected chi connectivity index (χ2v) is 12.4. The van der Waals surface area contributed by atoms with Crippen molar-refractivity contribution in [3.05, 3.63) is 179 Å². The first-order valence-corrected chi connectivity index (χ1v) is 16.4. The molecule has 0 spiro atoms. The monoisotopic (exact) mass is 667 g/mol. The lowest BCUT2D eigenvalue weighted by atomic mass is 10.1. The maximum absolute atomic E-state index is 13.7. The Bertz CT molecular complexity index is 2100. The molecule has 6 rings (SSSR count). The van der Waals surface area contributed by atoms with Crippen molar-refractivity contribution in [1.29, 1.82) is 0 Å². The molecule has 0 heterocycles. The van der Waals surface area contributed by atoms with E-state index in [1.807, 2.05) is 91.0 Å². The van der Waals surface area contributed by atoms with Gasteiger partial charge in [0, 0.05) is 26.9 Å². The van der Waals surface area contributed by atoms with Gasteiger partial charge in [-0.2, -0.15) is 0 Å². The zero-order valence-electron chi connectivity index (χ0n) is 25.6. The SMILES string of the molecule is O=C(Nc1ccc(SC(C(=O)Nc2ccc3ccccc3c2)c2ccccc2)cc1)/C(=C/c1ccccc1Cl)NC(=O)c1ccccc1. The molecule has 6 aromatic carbocycles. The first kappa shape index (κ1) is 32.3. The van der Waals surface area contributed by atoms with Crippen LogP contribution in [-0.4, -0.2) is 17.7 Å². The quantitative estimate of drug-likeness (QED) is 0.100. The van der Waals surface area contributed by atoms with Crippen molar-refractivity contribution in [2.24, 2.45) is 0 Å². The van der Waals surface area contributed by atoms with Crippen LogP contribution in [0.1, 0.15) is 26.7 Å². The van der Waals surface area contributed by atoms with Gasteiger partial charge in [0.05, 0.1) is 0 Å². The zero-order valence-corrected chi connectivity index (χ0v) is 27.2. The molecule has 6 nitrogen and oxygen atoms in total. The number of hydrogen-bond acceptors (Lipinski definition) is 4. The van der Waals surface area contributed by atoms with Gasteiger partial charge in [0.2, 0.25) is 5.91 Å². The van der Waals surface area contributed by atoms with E-state index in [1.165, 1.54) is 11.8 Å². The van der Waals surface area contributed by atoms with Crippen LogP contribution < -0.4 is 16.0 Å². The second-order valence-electron chi connectivity index (χ2n) is 10.8. The summed E-state index contributed by atoms with van der Waals surface area (Å²) in [5.41, 5.74) is 3.12. The number of amides is 3. The first-order chi connectivity index (χ1) is 23.4. The van der Waals surface area contributed by atoms with E-state index in [-0.39, 0.29) is 11.6 Å². The molecular formula is C40H30ClN3O3S. The van der Waals surface area contributed by atoms with Crippen molar-refractivity contribution in [2.75, 3.05) is 10.6 Å². The Morgan fingerprint density at radius 1 is 0.625 bits per heavy atom. The van der Waals surface area contributed by atoms with Crippen LogP contribution in [0.15, 0.2) is 162 Å². The number of anilines is 2. The molecule has 0 aliphatic rings. The molecule has 6 aromatic rings. The van der Waals surface area contributed by atoms with Gasteiger partial charge in [0.1, 0.15) is 10.9 Å². The highest BCUT2D eigenvalue weighted by molar-refractivity contribution is 8.00. The molecule has 8 heteroatoms. The molecular weight excluding hydrogens is 638 g/mol. The Hall–Kier alpha value is -5.63. The standard InChI is InChI=1S/C40H30ClN3O3S/c41-35-18-10-9-17-31(35)26-36(44-38(45)29-14-5-2-6-15-29)39(46)42-32-21-23-34(24-22-32)48-37(28-12-3-1-4-13-28)40(47)43-33-20-19-27-11-7-8-16-30(27)25-33/h1-26,37H,(H,42,46)(H,43,47)(H,44,45)/b36-26-. The summed E-state index contributed by atoms with van der Waals surface area (Å²) in [4.78, 5) is 41.0. The van der Waals surface area contributed by atoms with Gasteiger partial charge in [-0.1, -0.05) is 109 Å². The van der Waals surface area contributed by atoms with Crippen LogP contribution in [0.3, 0.4) is 0 Å². The highest BCUT2D eigenvalue weighted by Gasteiger charge is 2.23. The van der Waals surface area contributed by atoms with Gasteiger partial charge < -0.3 is 16.0 Å². The van der Waals surface area contributed by atoms with Gasteiger partial charge in [-0.05, 0) is 82.6 Å².